The predicted molar refractivity (Wildman–Crippen MR) is 75.7 cm³/mol. The fourth-order valence-electron chi connectivity index (χ4n) is 1.09. The van der Waals surface area contributed by atoms with Crippen LogP contribution in [0.25, 0.3) is 5.57 Å². The summed E-state index contributed by atoms with van der Waals surface area (Å²) in [6.07, 6.45) is 6.00. The largest absolute Gasteiger partial charge is 0.0955 e. The monoisotopic (exact) mass is 218 g/mol. The Morgan fingerprint density at radius 3 is 1.56 bits per heavy atom. The summed E-state index contributed by atoms with van der Waals surface area (Å²) < 4.78 is 0. The fraction of sp³-hybridized carbons (Fsp3) is 0.500. The molecule has 0 radical (unpaired) electrons. The molecule has 0 unspecified atom stereocenters. The number of hydrogen-bond acceptors (Lipinski definition) is 0. The number of allylic oxidation sites excluding steroid dienone is 1. The van der Waals surface area contributed by atoms with Gasteiger partial charge in [0.05, 0.1) is 0 Å². The molecule has 1 aromatic carbocycles. The zero-order chi connectivity index (χ0) is 12.4. The summed E-state index contributed by atoms with van der Waals surface area (Å²) in [5.41, 5.74) is 3.65. The van der Waals surface area contributed by atoms with Crippen LogP contribution in [-0.4, -0.2) is 0 Å². The molecule has 0 saturated heterocycles. The SMILES string of the molecule is C1CCC1.C=C(C)c1ccc(C)cc1.CC. The van der Waals surface area contributed by atoms with E-state index in [1.807, 2.05) is 20.8 Å². The van der Waals surface area contributed by atoms with Gasteiger partial charge < -0.3 is 0 Å². The van der Waals surface area contributed by atoms with Crippen molar-refractivity contribution in [1.29, 1.82) is 0 Å². The summed E-state index contributed by atoms with van der Waals surface area (Å²) in [7, 11) is 0. The molecule has 1 aromatic rings. The van der Waals surface area contributed by atoms with Crippen molar-refractivity contribution >= 4 is 5.57 Å². The minimum atomic E-state index is 1.13. The van der Waals surface area contributed by atoms with Crippen LogP contribution in [-0.2, 0) is 0 Å². The molecule has 1 saturated carbocycles. The Labute approximate surface area is 101 Å². The molecule has 0 aromatic heterocycles. The fourth-order valence-corrected chi connectivity index (χ4v) is 1.09. The van der Waals surface area contributed by atoms with E-state index in [9.17, 15) is 0 Å². The van der Waals surface area contributed by atoms with Crippen molar-refractivity contribution in [3.8, 4) is 0 Å². The Balaban J connectivity index is 0.000000311. The molecule has 0 heteroatoms. The lowest BCUT2D eigenvalue weighted by Crippen LogP contribution is -1.85. The average molecular weight is 218 g/mol. The van der Waals surface area contributed by atoms with Gasteiger partial charge >= 0.3 is 0 Å². The highest BCUT2D eigenvalue weighted by Crippen LogP contribution is 2.15. The van der Waals surface area contributed by atoms with Crippen molar-refractivity contribution in [3.63, 3.8) is 0 Å². The molecular formula is C16H26. The highest BCUT2D eigenvalue weighted by molar-refractivity contribution is 5.61. The molecule has 0 N–H and O–H groups in total. The van der Waals surface area contributed by atoms with Gasteiger partial charge in [0.25, 0.3) is 0 Å². The summed E-state index contributed by atoms with van der Waals surface area (Å²) in [4.78, 5) is 0. The molecule has 0 atom stereocenters. The quantitative estimate of drug-likeness (QED) is 0.574. The maximum absolute atomic E-state index is 3.86. The lowest BCUT2D eigenvalue weighted by Gasteiger charge is -2.05. The van der Waals surface area contributed by atoms with Crippen molar-refractivity contribution in [2.24, 2.45) is 0 Å². The van der Waals surface area contributed by atoms with Crippen LogP contribution in [0.4, 0.5) is 0 Å². The average Bonchev–Trinajstić information content (AvgIpc) is 2.19. The second-order valence-corrected chi connectivity index (χ2v) is 4.06. The van der Waals surface area contributed by atoms with Crippen LogP contribution < -0.4 is 0 Å². The molecule has 0 nitrogen and oxygen atoms in total. The molecule has 0 amide bonds. The molecule has 0 bridgehead atoms. The highest BCUT2D eigenvalue weighted by Gasteiger charge is 1.95. The predicted octanol–water partition coefficient (Wildman–Crippen LogP) is 5.61. The van der Waals surface area contributed by atoms with Crippen LogP contribution in [0.15, 0.2) is 30.8 Å². The van der Waals surface area contributed by atoms with Gasteiger partial charge in [-0.25, -0.2) is 0 Å². The Bertz CT molecular complexity index is 271. The lowest BCUT2D eigenvalue weighted by molar-refractivity contribution is 0.504. The van der Waals surface area contributed by atoms with Crippen molar-refractivity contribution in [3.05, 3.63) is 42.0 Å². The van der Waals surface area contributed by atoms with Crippen molar-refractivity contribution < 1.29 is 0 Å². The smallest absolute Gasteiger partial charge is 0.0233 e. The van der Waals surface area contributed by atoms with Crippen LogP contribution in [0.1, 0.15) is 57.6 Å². The van der Waals surface area contributed by atoms with Crippen molar-refractivity contribution in [2.75, 3.05) is 0 Å². The van der Waals surface area contributed by atoms with Crippen molar-refractivity contribution in [1.82, 2.24) is 0 Å². The van der Waals surface area contributed by atoms with E-state index in [4.69, 9.17) is 0 Å². The van der Waals surface area contributed by atoms with Gasteiger partial charge in [-0.15, -0.1) is 0 Å². The van der Waals surface area contributed by atoms with E-state index in [2.05, 4.69) is 37.8 Å². The minimum absolute atomic E-state index is 1.13. The van der Waals surface area contributed by atoms with Gasteiger partial charge in [-0.3, -0.25) is 0 Å². The third kappa shape index (κ3) is 6.44. The van der Waals surface area contributed by atoms with Gasteiger partial charge in [-0.1, -0.05) is 81.5 Å². The van der Waals surface area contributed by atoms with E-state index < -0.39 is 0 Å². The van der Waals surface area contributed by atoms with Crippen molar-refractivity contribution in [2.45, 2.75) is 53.4 Å². The molecule has 1 aliphatic rings. The first-order valence-electron chi connectivity index (χ1n) is 6.42. The maximum atomic E-state index is 3.86. The molecule has 1 fully saturated rings. The normalized spacial score (nSPS) is 12.2. The number of benzene rings is 1. The van der Waals surface area contributed by atoms with E-state index in [0.29, 0.717) is 0 Å². The lowest BCUT2D eigenvalue weighted by atomic mass is 10.0. The number of hydrogen-bond donors (Lipinski definition) is 0. The number of aryl methyl sites for hydroxylation is 1. The Morgan fingerprint density at radius 1 is 0.938 bits per heavy atom. The molecule has 90 valence electrons. The first-order valence-corrected chi connectivity index (χ1v) is 6.42. The van der Waals surface area contributed by atoms with Crippen LogP contribution in [0.2, 0.25) is 0 Å². The van der Waals surface area contributed by atoms with Gasteiger partial charge in [0, 0.05) is 0 Å². The summed E-state index contributed by atoms with van der Waals surface area (Å²) in [5, 5.41) is 0. The first kappa shape index (κ1) is 15.0. The van der Waals surface area contributed by atoms with Crippen LogP contribution in [0.5, 0.6) is 0 Å². The molecule has 16 heavy (non-hydrogen) atoms. The third-order valence-electron chi connectivity index (χ3n) is 2.54. The topological polar surface area (TPSA) is 0 Å². The summed E-state index contributed by atoms with van der Waals surface area (Å²) in [6.45, 7) is 12.0. The van der Waals surface area contributed by atoms with Gasteiger partial charge in [-0.05, 0) is 19.4 Å². The zero-order valence-electron chi connectivity index (χ0n) is 11.3. The van der Waals surface area contributed by atoms with Gasteiger partial charge in [0.1, 0.15) is 0 Å². The maximum Gasteiger partial charge on any atom is -0.0233 e. The Kier molecular flexibility index (Phi) is 8.61. The van der Waals surface area contributed by atoms with Crippen LogP contribution in [0.3, 0.4) is 0 Å². The Morgan fingerprint density at radius 2 is 1.31 bits per heavy atom. The first-order chi connectivity index (χ1) is 7.70. The minimum Gasteiger partial charge on any atom is -0.0955 e. The summed E-state index contributed by atoms with van der Waals surface area (Å²) in [5.74, 6) is 0. The van der Waals surface area contributed by atoms with Gasteiger partial charge in [0.2, 0.25) is 0 Å². The molecule has 0 spiro atoms. The summed E-state index contributed by atoms with van der Waals surface area (Å²) in [6, 6.07) is 8.39. The zero-order valence-corrected chi connectivity index (χ0v) is 11.3. The van der Waals surface area contributed by atoms with E-state index in [1.165, 1.54) is 36.8 Å². The number of rotatable bonds is 1. The Hall–Kier alpha value is -1.04. The molecular weight excluding hydrogens is 192 g/mol. The van der Waals surface area contributed by atoms with E-state index in [-0.39, 0.29) is 0 Å². The molecule has 1 aliphatic carbocycles. The van der Waals surface area contributed by atoms with Gasteiger partial charge in [-0.2, -0.15) is 0 Å². The van der Waals surface area contributed by atoms with Crippen LogP contribution >= 0.6 is 0 Å². The van der Waals surface area contributed by atoms with Gasteiger partial charge in [0.15, 0.2) is 0 Å². The van der Waals surface area contributed by atoms with E-state index >= 15 is 0 Å². The highest BCUT2D eigenvalue weighted by atomic mass is 14.0. The molecule has 0 aliphatic heterocycles. The second kappa shape index (κ2) is 9.21. The van der Waals surface area contributed by atoms with E-state index in [1.54, 1.807) is 0 Å². The molecule has 0 heterocycles. The van der Waals surface area contributed by atoms with Crippen LogP contribution in [0, 0.1) is 6.92 Å². The second-order valence-electron chi connectivity index (χ2n) is 4.06. The third-order valence-corrected chi connectivity index (χ3v) is 2.54. The molecule has 2 rings (SSSR count). The van der Waals surface area contributed by atoms with E-state index in [0.717, 1.165) is 5.57 Å². The summed E-state index contributed by atoms with van der Waals surface area (Å²) >= 11 is 0. The standard InChI is InChI=1S/C10H12.C4H8.C2H6/c1-8(2)10-6-4-9(3)5-7-10;1-2-4-3-1;1-2/h4-7H,1H2,2-3H3;1-4H2;1-2H3.